The van der Waals surface area contributed by atoms with E-state index < -0.39 is 0 Å². The van der Waals surface area contributed by atoms with Gasteiger partial charge in [0.05, 0.1) is 0 Å². The Bertz CT molecular complexity index is 3980. The van der Waals surface area contributed by atoms with Crippen LogP contribution >= 0.6 is 63.7 Å². The molecule has 0 aliphatic rings. The Labute approximate surface area is 437 Å². The molecule has 0 heterocycles. The van der Waals surface area contributed by atoms with Gasteiger partial charge in [0.1, 0.15) is 0 Å². The molecule has 0 atom stereocenters. The summed E-state index contributed by atoms with van der Waals surface area (Å²) in [5, 5.41) is 22.0. The Morgan fingerprint density at radius 1 is 0.186 bits per heavy atom. The molecule has 4 heteroatoms. The van der Waals surface area contributed by atoms with E-state index in [9.17, 15) is 0 Å². The molecule has 14 aromatic rings. The molecule has 14 rings (SSSR count). The molecule has 0 amide bonds. The number of benzene rings is 14. The molecule has 0 bridgehead atoms. The van der Waals surface area contributed by atoms with Crippen LogP contribution in [0.2, 0.25) is 0 Å². The predicted octanol–water partition coefficient (Wildman–Crippen LogP) is 21.8. The van der Waals surface area contributed by atoms with E-state index in [4.69, 9.17) is 0 Å². The monoisotopic (exact) mass is 1140 g/mol. The SMILES string of the molecule is Brc1cccc2cccc(-c3ccc4c5ccc(-c6cccc7cccc(Br)c67)cc5c5c6cc(-c7cccc8cccc(Br)c78)ccc6c6ccc(-c7cccc8cccc(Br)c78)cc6c5c4c3)c12. The van der Waals surface area contributed by atoms with Gasteiger partial charge < -0.3 is 0 Å². The third kappa shape index (κ3) is 6.50. The van der Waals surface area contributed by atoms with Crippen molar-refractivity contribution in [3.05, 3.63) is 236 Å². The number of rotatable bonds is 4. The Hall–Kier alpha value is -6.66. The maximum atomic E-state index is 3.96. The normalized spacial score (nSPS) is 12.0. The maximum Gasteiger partial charge on any atom is 0.0259 e. The van der Waals surface area contributed by atoms with Crippen molar-refractivity contribution in [1.29, 1.82) is 0 Å². The summed E-state index contributed by atoms with van der Waals surface area (Å²) in [5.74, 6) is 0. The second-order valence-electron chi connectivity index (χ2n) is 18.4. The van der Waals surface area contributed by atoms with Crippen molar-refractivity contribution >= 4 is 161 Å². The van der Waals surface area contributed by atoms with Gasteiger partial charge in [-0.2, -0.15) is 0 Å². The molecule has 0 spiro atoms. The quantitative estimate of drug-likeness (QED) is 0.154. The van der Waals surface area contributed by atoms with Gasteiger partial charge in [0.15, 0.2) is 0 Å². The van der Waals surface area contributed by atoms with Gasteiger partial charge in [-0.3, -0.25) is 0 Å². The predicted molar refractivity (Wildman–Crippen MR) is 317 cm³/mol. The first-order valence-electron chi connectivity index (χ1n) is 23.4. The summed E-state index contributed by atoms with van der Waals surface area (Å²) in [4.78, 5) is 0. The first kappa shape index (κ1) is 42.2. The van der Waals surface area contributed by atoms with E-state index in [-0.39, 0.29) is 0 Å². The highest BCUT2D eigenvalue weighted by Crippen LogP contribution is 2.49. The summed E-state index contributed by atoms with van der Waals surface area (Å²) in [5.41, 5.74) is 9.53. The highest BCUT2D eigenvalue weighted by molar-refractivity contribution is 9.11. The van der Waals surface area contributed by atoms with E-state index in [1.165, 1.54) is 141 Å². The topological polar surface area (TPSA) is 0 Å². The molecule has 0 radical (unpaired) electrons. The van der Waals surface area contributed by atoms with Crippen LogP contribution in [0.5, 0.6) is 0 Å². The standard InChI is InChI=1S/C66H36Br4/c67-57-21-5-13-37-9-1-17-45(61(37)57)41-25-29-49-50-30-26-43(47-19-3-11-39-15-7-23-59(69)63(39)47)35-55(50)66-56-36-44(48-20-4-12-40-16-8-24-60(70)64(40)48)28-32-52(56)51-31-27-42(34-54(51)65(66)53(49)33-41)46-18-2-10-38-14-6-22-58(68)62(38)46/h1-36H. The Morgan fingerprint density at radius 3 is 0.629 bits per heavy atom. The minimum Gasteiger partial charge on any atom is -0.0610 e. The summed E-state index contributed by atoms with van der Waals surface area (Å²) < 4.78 is 4.36. The summed E-state index contributed by atoms with van der Waals surface area (Å²) in [6.45, 7) is 0. The van der Waals surface area contributed by atoms with Gasteiger partial charge in [-0.05, 0) is 168 Å². The molecule has 0 aromatic heterocycles. The van der Waals surface area contributed by atoms with Crippen LogP contribution in [0, 0.1) is 0 Å². The Kier molecular flexibility index (Phi) is 9.94. The van der Waals surface area contributed by atoms with Gasteiger partial charge in [-0.15, -0.1) is 0 Å². The molecule has 0 saturated carbocycles. The van der Waals surface area contributed by atoms with E-state index in [2.05, 4.69) is 282 Å². The lowest BCUT2D eigenvalue weighted by Crippen LogP contribution is -1.92. The van der Waals surface area contributed by atoms with Crippen molar-refractivity contribution < 1.29 is 0 Å². The maximum absolute atomic E-state index is 3.96. The van der Waals surface area contributed by atoms with Crippen LogP contribution in [0.15, 0.2) is 236 Å². The zero-order chi connectivity index (χ0) is 46.8. The molecule has 0 fully saturated rings. The summed E-state index contributed by atoms with van der Waals surface area (Å²) in [6, 6.07) is 81.3. The van der Waals surface area contributed by atoms with Gasteiger partial charge in [-0.25, -0.2) is 0 Å². The second-order valence-corrected chi connectivity index (χ2v) is 21.8. The molecule has 0 aliphatic carbocycles. The van der Waals surface area contributed by atoms with Gasteiger partial charge in [0, 0.05) is 39.4 Å². The minimum absolute atomic E-state index is 1.09. The Balaban J connectivity index is 1.19. The molecule has 0 nitrogen and oxygen atoms in total. The van der Waals surface area contributed by atoms with Crippen LogP contribution in [0.1, 0.15) is 0 Å². The van der Waals surface area contributed by atoms with Crippen LogP contribution in [0.4, 0.5) is 0 Å². The van der Waals surface area contributed by atoms with Crippen LogP contribution in [-0.2, 0) is 0 Å². The van der Waals surface area contributed by atoms with Crippen LogP contribution in [0.25, 0.3) is 141 Å². The van der Waals surface area contributed by atoms with Crippen molar-refractivity contribution in [1.82, 2.24) is 0 Å². The molecule has 0 unspecified atom stereocenters. The van der Waals surface area contributed by atoms with Crippen LogP contribution in [-0.4, -0.2) is 0 Å². The summed E-state index contributed by atoms with van der Waals surface area (Å²) >= 11 is 15.8. The highest BCUT2D eigenvalue weighted by atomic mass is 79.9. The largest absolute Gasteiger partial charge is 0.0610 e. The van der Waals surface area contributed by atoms with Crippen molar-refractivity contribution in [2.75, 3.05) is 0 Å². The molecule has 14 aromatic carbocycles. The van der Waals surface area contributed by atoms with Gasteiger partial charge in [0.25, 0.3) is 0 Å². The molecular weight excluding hydrogens is 1110 g/mol. The summed E-state index contributed by atoms with van der Waals surface area (Å²) in [6.07, 6.45) is 0. The van der Waals surface area contributed by atoms with Gasteiger partial charge in [0.2, 0.25) is 0 Å². The van der Waals surface area contributed by atoms with Gasteiger partial charge >= 0.3 is 0 Å². The number of hydrogen-bond acceptors (Lipinski definition) is 0. The van der Waals surface area contributed by atoms with Crippen LogP contribution in [0.3, 0.4) is 0 Å². The van der Waals surface area contributed by atoms with E-state index in [1.54, 1.807) is 0 Å². The lowest BCUT2D eigenvalue weighted by Gasteiger charge is -2.20. The van der Waals surface area contributed by atoms with Crippen LogP contribution < -0.4 is 0 Å². The number of halogens is 4. The lowest BCUT2D eigenvalue weighted by atomic mass is 9.83. The van der Waals surface area contributed by atoms with E-state index >= 15 is 0 Å². The zero-order valence-corrected chi connectivity index (χ0v) is 43.6. The van der Waals surface area contributed by atoms with Crippen molar-refractivity contribution in [2.45, 2.75) is 0 Å². The third-order valence-corrected chi connectivity index (χ3v) is 17.3. The number of hydrogen-bond donors (Lipinski definition) is 0. The van der Waals surface area contributed by atoms with E-state index in [0.29, 0.717) is 0 Å². The first-order valence-corrected chi connectivity index (χ1v) is 26.6. The summed E-state index contributed by atoms with van der Waals surface area (Å²) in [7, 11) is 0. The molecule has 0 aliphatic heterocycles. The molecule has 0 saturated heterocycles. The fourth-order valence-corrected chi connectivity index (χ4v) is 14.0. The average molecular weight is 1150 g/mol. The third-order valence-electron chi connectivity index (χ3n) is 14.6. The van der Waals surface area contributed by atoms with Crippen molar-refractivity contribution in [2.24, 2.45) is 0 Å². The fourth-order valence-electron chi connectivity index (χ4n) is 11.6. The molecule has 70 heavy (non-hydrogen) atoms. The van der Waals surface area contributed by atoms with E-state index in [1.807, 2.05) is 0 Å². The smallest absolute Gasteiger partial charge is 0.0259 e. The second kappa shape index (κ2) is 16.5. The molecule has 328 valence electrons. The Morgan fingerprint density at radius 2 is 0.400 bits per heavy atom. The zero-order valence-electron chi connectivity index (χ0n) is 37.3. The fraction of sp³-hybridized carbons (Fsp3) is 0. The molecule has 0 N–H and O–H groups in total. The minimum atomic E-state index is 1.09. The first-order chi connectivity index (χ1) is 34.4. The average Bonchev–Trinajstić information content (AvgIpc) is 3.40. The number of fused-ring (bicyclic) bond motifs is 15. The lowest BCUT2D eigenvalue weighted by molar-refractivity contribution is 1.66. The highest BCUT2D eigenvalue weighted by Gasteiger charge is 2.21. The van der Waals surface area contributed by atoms with Gasteiger partial charge in [-0.1, -0.05) is 234 Å². The van der Waals surface area contributed by atoms with Crippen molar-refractivity contribution in [3.8, 4) is 44.5 Å². The van der Waals surface area contributed by atoms with Crippen molar-refractivity contribution in [3.63, 3.8) is 0 Å². The van der Waals surface area contributed by atoms with E-state index in [0.717, 1.165) is 17.9 Å². The molecular formula is C66H36Br4.